The van der Waals surface area contributed by atoms with E-state index in [-0.39, 0.29) is 5.71 Å². The van der Waals surface area contributed by atoms with Crippen LogP contribution < -0.4 is 4.90 Å². The zero-order valence-electron chi connectivity index (χ0n) is 18.3. The Kier molecular flexibility index (Phi) is 6.51. The molecule has 0 radical (unpaired) electrons. The Morgan fingerprint density at radius 3 is 2.42 bits per heavy atom. The molecular weight excluding hydrogens is 436 g/mol. The highest BCUT2D eigenvalue weighted by molar-refractivity contribution is 6.04. The number of allylic oxidation sites excluding steroid dienone is 1. The first kappa shape index (κ1) is 23.0. The first-order chi connectivity index (χ1) is 15.8. The lowest BCUT2D eigenvalue weighted by atomic mass is 9.94. The summed E-state index contributed by atoms with van der Waals surface area (Å²) in [6, 6.07) is 14.3. The van der Waals surface area contributed by atoms with Gasteiger partial charge in [-0.2, -0.15) is 13.2 Å². The highest BCUT2D eigenvalue weighted by Crippen LogP contribution is 2.31. The lowest BCUT2D eigenvalue weighted by molar-refractivity contribution is -0.0774. The molecule has 0 unspecified atom stereocenters. The molecule has 0 N–H and O–H groups in total. The van der Waals surface area contributed by atoms with E-state index < -0.39 is 24.5 Å². The summed E-state index contributed by atoms with van der Waals surface area (Å²) in [5.41, 5.74) is 3.02. The number of para-hydroxylation sites is 1. The summed E-state index contributed by atoms with van der Waals surface area (Å²) >= 11 is 0. The van der Waals surface area contributed by atoms with Crippen LogP contribution in [0, 0.1) is 11.7 Å². The van der Waals surface area contributed by atoms with Crippen LogP contribution in [0.25, 0.3) is 0 Å². The topological polar surface area (TPSA) is 40.4 Å². The zero-order chi connectivity index (χ0) is 23.6. The van der Waals surface area contributed by atoms with Crippen LogP contribution in [0.2, 0.25) is 0 Å². The number of anilines is 1. The Morgan fingerprint density at radius 2 is 1.88 bits per heavy atom. The molecule has 9 heteroatoms. The number of halogens is 4. The van der Waals surface area contributed by atoms with Gasteiger partial charge in [0.05, 0.1) is 6.54 Å². The van der Waals surface area contributed by atoms with E-state index in [1.54, 1.807) is 12.1 Å². The number of ether oxygens (including phenoxy) is 1. The molecule has 1 saturated heterocycles. The van der Waals surface area contributed by atoms with Crippen LogP contribution in [0.5, 0.6) is 0 Å². The van der Waals surface area contributed by atoms with E-state index in [1.807, 2.05) is 37.3 Å². The first-order valence-electron chi connectivity index (χ1n) is 10.6. The lowest BCUT2D eigenvalue weighted by Gasteiger charge is -2.42. The van der Waals surface area contributed by atoms with Gasteiger partial charge in [0.2, 0.25) is 0 Å². The molecule has 4 rings (SSSR count). The molecule has 0 aromatic heterocycles. The van der Waals surface area contributed by atoms with Crippen molar-refractivity contribution in [2.75, 3.05) is 31.6 Å². The fourth-order valence-corrected chi connectivity index (χ4v) is 4.04. The van der Waals surface area contributed by atoms with Crippen molar-refractivity contribution in [2.45, 2.75) is 19.6 Å². The monoisotopic (exact) mass is 460 g/mol. The maximum absolute atomic E-state index is 15.1. The van der Waals surface area contributed by atoms with Gasteiger partial charge in [-0.05, 0) is 32.2 Å². The second-order valence-electron chi connectivity index (χ2n) is 8.10. The van der Waals surface area contributed by atoms with Gasteiger partial charge >= 0.3 is 12.1 Å². The standard InChI is InChI=1S/C24H24F4N4O/c1-3-22(18-12-31(2)13-18)32(19-7-5-4-6-8-19)14-17-10-9-16(11-20(17)25)21-15-33-23(30-29-21)24(26,27)28/h3-11,18H,12-15H2,1-2H3/b22-3+. The Labute approximate surface area is 189 Å². The fraction of sp³-hybridized carbons (Fsp3) is 0.333. The van der Waals surface area contributed by atoms with E-state index in [4.69, 9.17) is 0 Å². The summed E-state index contributed by atoms with van der Waals surface area (Å²) in [5.74, 6) is -1.51. The van der Waals surface area contributed by atoms with Gasteiger partial charge in [0.1, 0.15) is 18.1 Å². The molecule has 0 atom stereocenters. The van der Waals surface area contributed by atoms with Gasteiger partial charge in [-0.3, -0.25) is 0 Å². The molecule has 1 fully saturated rings. The first-order valence-corrected chi connectivity index (χ1v) is 10.6. The number of hydrogen-bond acceptors (Lipinski definition) is 5. The number of rotatable bonds is 6. The van der Waals surface area contributed by atoms with E-state index in [2.05, 4.69) is 37.9 Å². The maximum Gasteiger partial charge on any atom is 0.470 e. The van der Waals surface area contributed by atoms with Gasteiger partial charge in [-0.1, -0.05) is 36.4 Å². The quantitative estimate of drug-likeness (QED) is 0.570. The number of benzene rings is 2. The minimum Gasteiger partial charge on any atom is -0.467 e. The molecule has 5 nitrogen and oxygen atoms in total. The van der Waals surface area contributed by atoms with Gasteiger partial charge in [0, 0.05) is 41.5 Å². The van der Waals surface area contributed by atoms with Crippen LogP contribution in [-0.4, -0.2) is 49.4 Å². The van der Waals surface area contributed by atoms with Crippen molar-refractivity contribution in [1.82, 2.24) is 4.90 Å². The van der Waals surface area contributed by atoms with Gasteiger partial charge in [-0.15, -0.1) is 10.2 Å². The molecule has 0 aliphatic carbocycles. The smallest absolute Gasteiger partial charge is 0.467 e. The van der Waals surface area contributed by atoms with Crippen LogP contribution in [0.3, 0.4) is 0 Å². The Balaban J connectivity index is 1.59. The molecule has 2 heterocycles. The SMILES string of the molecule is C/C=C(\C1CN(C)C1)N(Cc1ccc(C2=NN=C(C(F)(F)F)OC2)cc1F)c1ccccc1. The molecule has 0 amide bonds. The average molecular weight is 460 g/mol. The molecule has 2 aliphatic rings. The van der Waals surface area contributed by atoms with Gasteiger partial charge in [-0.25, -0.2) is 4.39 Å². The third kappa shape index (κ3) is 5.08. The van der Waals surface area contributed by atoms with Gasteiger partial charge < -0.3 is 14.5 Å². The largest absolute Gasteiger partial charge is 0.470 e. The van der Waals surface area contributed by atoms with Crippen LogP contribution >= 0.6 is 0 Å². The van der Waals surface area contributed by atoms with Crippen molar-refractivity contribution in [3.05, 3.63) is 77.2 Å². The Morgan fingerprint density at radius 1 is 1.15 bits per heavy atom. The normalized spacial score (nSPS) is 17.7. The molecule has 2 aromatic rings. The predicted molar refractivity (Wildman–Crippen MR) is 120 cm³/mol. The third-order valence-corrected chi connectivity index (χ3v) is 5.72. The minimum absolute atomic E-state index is 0.139. The molecule has 0 saturated carbocycles. The van der Waals surface area contributed by atoms with Crippen molar-refractivity contribution < 1.29 is 22.3 Å². The molecular formula is C24H24F4N4O. The van der Waals surface area contributed by atoms with Gasteiger partial charge in [0.15, 0.2) is 0 Å². The summed E-state index contributed by atoms with van der Waals surface area (Å²) in [7, 11) is 2.06. The molecule has 33 heavy (non-hydrogen) atoms. The Hall–Kier alpha value is -3.20. The van der Waals surface area contributed by atoms with E-state index in [1.165, 1.54) is 6.07 Å². The van der Waals surface area contributed by atoms with Crippen LogP contribution in [0.15, 0.2) is 70.5 Å². The van der Waals surface area contributed by atoms with Gasteiger partial charge in [0.25, 0.3) is 0 Å². The van der Waals surface area contributed by atoms with Crippen molar-refractivity contribution in [3.63, 3.8) is 0 Å². The van der Waals surface area contributed by atoms with Crippen LogP contribution in [0.4, 0.5) is 23.2 Å². The van der Waals surface area contributed by atoms with Crippen molar-refractivity contribution >= 4 is 17.3 Å². The predicted octanol–water partition coefficient (Wildman–Crippen LogP) is 4.99. The minimum atomic E-state index is -4.70. The Bertz CT molecular complexity index is 1090. The molecule has 2 aliphatic heterocycles. The van der Waals surface area contributed by atoms with Crippen molar-refractivity contribution in [2.24, 2.45) is 16.1 Å². The van der Waals surface area contributed by atoms with Crippen molar-refractivity contribution in [3.8, 4) is 0 Å². The van der Waals surface area contributed by atoms with Crippen LogP contribution in [-0.2, 0) is 11.3 Å². The second-order valence-corrected chi connectivity index (χ2v) is 8.10. The summed E-state index contributed by atoms with van der Waals surface area (Å²) in [6.07, 6.45) is -2.63. The zero-order valence-corrected chi connectivity index (χ0v) is 18.3. The summed E-state index contributed by atoms with van der Waals surface area (Å²) in [6.45, 7) is 3.75. The van der Waals surface area contributed by atoms with Crippen molar-refractivity contribution in [1.29, 1.82) is 0 Å². The number of nitrogens with zero attached hydrogens (tertiary/aromatic N) is 4. The van der Waals surface area contributed by atoms with Crippen LogP contribution in [0.1, 0.15) is 18.1 Å². The van der Waals surface area contributed by atoms with E-state index in [0.29, 0.717) is 23.6 Å². The molecule has 0 bridgehead atoms. The molecule has 0 spiro atoms. The molecule has 174 valence electrons. The number of alkyl halides is 3. The van der Waals surface area contributed by atoms with E-state index in [9.17, 15) is 13.2 Å². The number of likely N-dealkylation sites (tertiary alicyclic amines) is 1. The third-order valence-electron chi connectivity index (χ3n) is 5.72. The summed E-state index contributed by atoms with van der Waals surface area (Å²) < 4.78 is 57.7. The highest BCUT2D eigenvalue weighted by atomic mass is 19.4. The second kappa shape index (κ2) is 9.35. The lowest BCUT2D eigenvalue weighted by Crippen LogP contribution is -2.48. The summed E-state index contributed by atoms with van der Waals surface area (Å²) in [5, 5.41) is 6.68. The van der Waals surface area contributed by atoms with E-state index in [0.717, 1.165) is 24.5 Å². The highest BCUT2D eigenvalue weighted by Gasteiger charge is 2.40. The fourth-order valence-electron chi connectivity index (χ4n) is 4.04. The average Bonchev–Trinajstić information content (AvgIpc) is 2.78. The molecule has 2 aromatic carbocycles. The maximum atomic E-state index is 15.1. The summed E-state index contributed by atoms with van der Waals surface area (Å²) in [4.78, 5) is 4.34. The van der Waals surface area contributed by atoms with E-state index >= 15 is 4.39 Å². The number of hydrogen-bond donors (Lipinski definition) is 0.